The van der Waals surface area contributed by atoms with Crippen LogP contribution in [0.4, 0.5) is 8.78 Å². The molecule has 27 heavy (non-hydrogen) atoms. The molecule has 1 aromatic heterocycles. The molecule has 0 bridgehead atoms. The number of halogens is 2. The zero-order valence-electron chi connectivity index (χ0n) is 14.6. The summed E-state index contributed by atoms with van der Waals surface area (Å²) in [6.45, 7) is 1.43. The summed E-state index contributed by atoms with van der Waals surface area (Å²) in [5.41, 5.74) is 0.142. The summed E-state index contributed by atoms with van der Waals surface area (Å²) in [6, 6.07) is 4.23. The van der Waals surface area contributed by atoms with Gasteiger partial charge in [-0.3, -0.25) is 9.59 Å². The third kappa shape index (κ3) is 5.85. The molecular weight excluding hydrogens is 378 g/mol. The number of benzene rings is 1. The number of nitrogens with one attached hydrogen (secondary N) is 2. The van der Waals surface area contributed by atoms with Crippen LogP contribution in [-0.4, -0.2) is 30.9 Å². The molecule has 9 heteroatoms. The van der Waals surface area contributed by atoms with Gasteiger partial charge in [0.05, 0.1) is 13.5 Å². The molecule has 2 aromatic rings. The maximum Gasteiger partial charge on any atom is 0.333 e. The van der Waals surface area contributed by atoms with Crippen molar-refractivity contribution in [1.82, 2.24) is 10.6 Å². The molecule has 2 rings (SSSR count). The van der Waals surface area contributed by atoms with Crippen molar-refractivity contribution in [3.05, 3.63) is 57.8 Å². The highest BCUT2D eigenvalue weighted by Crippen LogP contribution is 2.20. The van der Waals surface area contributed by atoms with E-state index < -0.39 is 41.5 Å². The first-order chi connectivity index (χ1) is 12.8. The number of thiophene rings is 1. The van der Waals surface area contributed by atoms with Crippen LogP contribution >= 0.6 is 11.3 Å². The van der Waals surface area contributed by atoms with Crippen LogP contribution < -0.4 is 10.6 Å². The highest BCUT2D eigenvalue weighted by molar-refractivity contribution is 7.10. The molecule has 0 spiro atoms. The summed E-state index contributed by atoms with van der Waals surface area (Å²) < 4.78 is 31.0. The Labute approximate surface area is 158 Å². The van der Waals surface area contributed by atoms with Gasteiger partial charge in [0.15, 0.2) is 6.04 Å². The van der Waals surface area contributed by atoms with E-state index in [2.05, 4.69) is 10.6 Å². The molecule has 2 N–H and O–H groups in total. The Balaban J connectivity index is 1.97. The van der Waals surface area contributed by atoms with Crippen molar-refractivity contribution in [2.75, 3.05) is 7.11 Å². The van der Waals surface area contributed by atoms with Crippen LogP contribution in [0, 0.1) is 11.6 Å². The second-order valence-electron chi connectivity index (χ2n) is 5.72. The summed E-state index contributed by atoms with van der Waals surface area (Å²) >= 11 is 1.27. The monoisotopic (exact) mass is 396 g/mol. The van der Waals surface area contributed by atoms with Crippen LogP contribution in [-0.2, 0) is 25.5 Å². The molecule has 0 radical (unpaired) electrons. The quantitative estimate of drug-likeness (QED) is 0.702. The van der Waals surface area contributed by atoms with Crippen molar-refractivity contribution in [3.63, 3.8) is 0 Å². The van der Waals surface area contributed by atoms with Crippen LogP contribution in [0.25, 0.3) is 0 Å². The van der Waals surface area contributed by atoms with E-state index in [0.29, 0.717) is 10.9 Å². The van der Waals surface area contributed by atoms with Crippen molar-refractivity contribution >= 4 is 29.1 Å². The van der Waals surface area contributed by atoms with E-state index in [0.717, 1.165) is 12.1 Å². The van der Waals surface area contributed by atoms with Crippen LogP contribution in [0.15, 0.2) is 35.7 Å². The molecule has 0 aliphatic carbocycles. The average Bonchev–Trinajstić information content (AvgIpc) is 3.11. The number of methoxy groups -OCH3 is 1. The van der Waals surface area contributed by atoms with Crippen molar-refractivity contribution in [2.45, 2.75) is 25.4 Å². The number of esters is 1. The first-order valence-corrected chi connectivity index (χ1v) is 8.84. The third-order valence-electron chi connectivity index (χ3n) is 3.61. The summed E-state index contributed by atoms with van der Waals surface area (Å²) in [7, 11) is 1.21. The van der Waals surface area contributed by atoms with Crippen molar-refractivity contribution < 1.29 is 27.9 Å². The van der Waals surface area contributed by atoms with Gasteiger partial charge in [0, 0.05) is 10.9 Å². The number of carbonyl (C=O) groups is 3. The fraction of sp³-hybridized carbons (Fsp3) is 0.278. The first kappa shape index (κ1) is 20.5. The Morgan fingerprint density at radius 2 is 1.81 bits per heavy atom. The number of amides is 2. The Bertz CT molecular complexity index is 807. The summed E-state index contributed by atoms with van der Waals surface area (Å²) in [5.74, 6) is -3.41. The first-order valence-electron chi connectivity index (χ1n) is 7.96. The van der Waals surface area contributed by atoms with E-state index in [1.807, 2.05) is 0 Å². The van der Waals surface area contributed by atoms with Crippen LogP contribution in [0.1, 0.15) is 23.4 Å². The molecule has 1 heterocycles. The fourth-order valence-corrected chi connectivity index (χ4v) is 3.11. The van der Waals surface area contributed by atoms with Crippen LogP contribution in [0.2, 0.25) is 0 Å². The molecule has 0 fully saturated rings. The standard InChI is InChI=1S/C18H18F2N2O4S/c1-10(21-15(23)8-11-6-12(19)9-13(20)7-11)17(24)22-16(18(25)26-2)14-4-3-5-27-14/h3-7,9-10,16H,8H2,1-2H3,(H,21,23)(H,22,24)/t10-,16?/m0/s1. The Hall–Kier alpha value is -2.81. The normalized spacial score (nSPS) is 12.7. The van der Waals surface area contributed by atoms with E-state index in [1.54, 1.807) is 17.5 Å². The maximum atomic E-state index is 13.2. The lowest BCUT2D eigenvalue weighted by atomic mass is 10.1. The van der Waals surface area contributed by atoms with Crippen molar-refractivity contribution in [1.29, 1.82) is 0 Å². The van der Waals surface area contributed by atoms with Gasteiger partial charge < -0.3 is 15.4 Å². The molecular formula is C18H18F2N2O4S. The second-order valence-corrected chi connectivity index (χ2v) is 6.70. The molecule has 6 nitrogen and oxygen atoms in total. The second kappa shape index (κ2) is 9.22. The lowest BCUT2D eigenvalue weighted by Gasteiger charge is -2.19. The van der Waals surface area contributed by atoms with Gasteiger partial charge >= 0.3 is 5.97 Å². The molecule has 0 saturated heterocycles. The van der Waals surface area contributed by atoms with Gasteiger partial charge in [-0.05, 0) is 36.1 Å². The Morgan fingerprint density at radius 3 is 2.37 bits per heavy atom. The predicted molar refractivity (Wildman–Crippen MR) is 94.9 cm³/mol. The SMILES string of the molecule is COC(=O)C(NC(=O)[C@H](C)NC(=O)Cc1cc(F)cc(F)c1)c1cccs1. The summed E-state index contributed by atoms with van der Waals surface area (Å²) in [4.78, 5) is 36.8. The molecule has 0 saturated carbocycles. The molecule has 1 aromatic carbocycles. The zero-order valence-corrected chi connectivity index (χ0v) is 15.4. The molecule has 0 aliphatic heterocycles. The van der Waals surface area contributed by atoms with Gasteiger partial charge in [-0.25, -0.2) is 13.6 Å². The molecule has 0 aliphatic rings. The largest absolute Gasteiger partial charge is 0.467 e. The molecule has 2 atom stereocenters. The van der Waals surface area contributed by atoms with Gasteiger partial charge in [-0.15, -0.1) is 11.3 Å². The van der Waals surface area contributed by atoms with Crippen molar-refractivity contribution in [2.24, 2.45) is 0 Å². The fourth-order valence-electron chi connectivity index (χ4n) is 2.34. The maximum absolute atomic E-state index is 13.2. The van der Waals surface area contributed by atoms with Crippen molar-refractivity contribution in [3.8, 4) is 0 Å². The van der Waals surface area contributed by atoms with Gasteiger partial charge in [0.25, 0.3) is 0 Å². The molecule has 2 amide bonds. The number of rotatable bonds is 7. The number of hydrogen-bond acceptors (Lipinski definition) is 5. The van der Waals surface area contributed by atoms with Gasteiger partial charge in [0.1, 0.15) is 17.7 Å². The van der Waals surface area contributed by atoms with Gasteiger partial charge in [-0.2, -0.15) is 0 Å². The van der Waals surface area contributed by atoms with E-state index >= 15 is 0 Å². The minimum absolute atomic E-state index is 0.142. The smallest absolute Gasteiger partial charge is 0.333 e. The zero-order chi connectivity index (χ0) is 20.0. The Morgan fingerprint density at radius 1 is 1.15 bits per heavy atom. The van der Waals surface area contributed by atoms with E-state index in [1.165, 1.54) is 25.4 Å². The lowest BCUT2D eigenvalue weighted by molar-refractivity contribution is -0.145. The lowest BCUT2D eigenvalue weighted by Crippen LogP contribution is -2.47. The minimum atomic E-state index is -0.987. The molecule has 144 valence electrons. The average molecular weight is 396 g/mol. The van der Waals surface area contributed by atoms with E-state index in [-0.39, 0.29) is 12.0 Å². The van der Waals surface area contributed by atoms with Crippen LogP contribution in [0.5, 0.6) is 0 Å². The summed E-state index contributed by atoms with van der Waals surface area (Å²) in [6.07, 6.45) is -0.294. The number of carbonyl (C=O) groups excluding carboxylic acids is 3. The minimum Gasteiger partial charge on any atom is -0.467 e. The Kier molecular flexibility index (Phi) is 7.00. The number of ether oxygens (including phenoxy) is 1. The topological polar surface area (TPSA) is 84.5 Å². The van der Waals surface area contributed by atoms with Crippen LogP contribution in [0.3, 0.4) is 0 Å². The highest BCUT2D eigenvalue weighted by atomic mass is 32.1. The van der Waals surface area contributed by atoms with E-state index in [4.69, 9.17) is 4.74 Å². The number of hydrogen-bond donors (Lipinski definition) is 2. The van der Waals surface area contributed by atoms with Gasteiger partial charge in [0.2, 0.25) is 11.8 Å². The predicted octanol–water partition coefficient (Wildman–Crippen LogP) is 2.10. The summed E-state index contributed by atoms with van der Waals surface area (Å²) in [5, 5.41) is 6.70. The molecule has 1 unspecified atom stereocenters. The third-order valence-corrected chi connectivity index (χ3v) is 4.55. The van der Waals surface area contributed by atoms with E-state index in [9.17, 15) is 23.2 Å². The highest BCUT2D eigenvalue weighted by Gasteiger charge is 2.27. The van der Waals surface area contributed by atoms with Gasteiger partial charge in [-0.1, -0.05) is 6.07 Å².